The summed E-state index contributed by atoms with van der Waals surface area (Å²) in [7, 11) is 0. The lowest BCUT2D eigenvalue weighted by atomic mass is 10.4. The molecule has 0 radical (unpaired) electrons. The van der Waals surface area contributed by atoms with Gasteiger partial charge in [0.1, 0.15) is 10.7 Å². The molecule has 4 N–H and O–H groups in total. The lowest BCUT2D eigenvalue weighted by molar-refractivity contribution is -0.115. The van der Waals surface area contributed by atoms with Crippen LogP contribution in [-0.2, 0) is 4.79 Å². The van der Waals surface area contributed by atoms with Crippen molar-refractivity contribution in [2.45, 2.75) is 4.34 Å². The molecule has 2 rings (SSSR count). The van der Waals surface area contributed by atoms with E-state index in [1.54, 1.807) is 11.3 Å². The molecule has 84 valence electrons. The summed E-state index contributed by atoms with van der Waals surface area (Å²) in [5.41, 5.74) is 11.7. The number of nitrogens with two attached hydrogens (primary N) is 2. The number of aromatic nitrogens is 1. The Morgan fingerprint density at radius 2 is 2.38 bits per heavy atom. The zero-order valence-electron chi connectivity index (χ0n) is 8.17. The van der Waals surface area contributed by atoms with Gasteiger partial charge in [-0.1, -0.05) is 29.2 Å². The number of hydrogen-bond donors (Lipinski definition) is 2. The first-order chi connectivity index (χ1) is 7.66. The third-order valence-electron chi connectivity index (χ3n) is 1.73. The van der Waals surface area contributed by atoms with E-state index in [4.69, 9.17) is 11.5 Å². The largest absolute Gasteiger partial charge is 0.389 e. The third-order valence-corrected chi connectivity index (χ3v) is 4.65. The highest BCUT2D eigenvalue weighted by atomic mass is 32.2. The van der Waals surface area contributed by atoms with E-state index in [2.05, 4.69) is 4.98 Å². The summed E-state index contributed by atoms with van der Waals surface area (Å²) in [6, 6.07) is 3.92. The van der Waals surface area contributed by atoms with Crippen molar-refractivity contribution in [1.82, 2.24) is 4.98 Å². The van der Waals surface area contributed by atoms with Crippen molar-refractivity contribution in [1.29, 1.82) is 0 Å². The summed E-state index contributed by atoms with van der Waals surface area (Å²) in [5.74, 6) is -0.118. The number of anilines is 1. The van der Waals surface area contributed by atoms with Gasteiger partial charge in [-0.3, -0.25) is 4.79 Å². The molecule has 0 saturated carbocycles. The van der Waals surface area contributed by atoms with E-state index in [-0.39, 0.29) is 11.7 Å². The van der Waals surface area contributed by atoms with Gasteiger partial charge in [0.2, 0.25) is 5.91 Å². The third kappa shape index (κ3) is 2.55. The molecule has 7 heteroatoms. The van der Waals surface area contributed by atoms with Gasteiger partial charge in [0, 0.05) is 0 Å². The summed E-state index contributed by atoms with van der Waals surface area (Å²) in [5, 5.41) is 2.65. The van der Waals surface area contributed by atoms with Gasteiger partial charge in [-0.15, -0.1) is 11.3 Å². The van der Waals surface area contributed by atoms with Gasteiger partial charge in [0.25, 0.3) is 0 Å². The fraction of sp³-hybridized carbons (Fsp3) is 0.111. The number of hydrogen-bond acceptors (Lipinski definition) is 6. The number of thioether (sulfide) groups is 1. The first-order valence-corrected chi connectivity index (χ1v) is 7.06. The summed E-state index contributed by atoms with van der Waals surface area (Å²) in [4.78, 5) is 16.1. The van der Waals surface area contributed by atoms with Crippen LogP contribution in [0.5, 0.6) is 0 Å². The molecule has 0 atom stereocenters. The van der Waals surface area contributed by atoms with Crippen LogP contribution >= 0.6 is 34.4 Å². The van der Waals surface area contributed by atoms with Crippen molar-refractivity contribution in [2.24, 2.45) is 5.73 Å². The van der Waals surface area contributed by atoms with E-state index in [0.29, 0.717) is 5.00 Å². The molecular formula is C9H9N3OS3. The Kier molecular flexibility index (Phi) is 3.47. The summed E-state index contributed by atoms with van der Waals surface area (Å²) >= 11 is 4.29. The van der Waals surface area contributed by atoms with E-state index in [1.807, 2.05) is 17.5 Å². The van der Waals surface area contributed by atoms with Crippen LogP contribution in [0.4, 0.5) is 5.00 Å². The second-order valence-corrected chi connectivity index (χ2v) is 6.13. The highest BCUT2D eigenvalue weighted by Crippen LogP contribution is 2.36. The number of nitrogens with zero attached hydrogens (tertiary/aromatic N) is 1. The van der Waals surface area contributed by atoms with Gasteiger partial charge >= 0.3 is 0 Å². The Labute approximate surface area is 105 Å². The molecule has 0 unspecified atom stereocenters. The molecule has 2 aromatic rings. The second-order valence-electron chi connectivity index (χ2n) is 2.92. The molecular weight excluding hydrogens is 262 g/mol. The van der Waals surface area contributed by atoms with Crippen LogP contribution in [0.25, 0.3) is 10.6 Å². The predicted octanol–water partition coefficient (Wildman–Crippen LogP) is 2.03. The van der Waals surface area contributed by atoms with Crippen molar-refractivity contribution >= 4 is 45.3 Å². The molecule has 0 spiro atoms. The number of nitrogen functional groups attached to an aromatic ring is 1. The highest BCUT2D eigenvalue weighted by Gasteiger charge is 2.12. The van der Waals surface area contributed by atoms with Crippen molar-refractivity contribution < 1.29 is 4.79 Å². The van der Waals surface area contributed by atoms with Crippen molar-refractivity contribution in [3.63, 3.8) is 0 Å². The van der Waals surface area contributed by atoms with Gasteiger partial charge in [0.05, 0.1) is 10.6 Å². The lowest BCUT2D eigenvalue weighted by Crippen LogP contribution is -2.12. The van der Waals surface area contributed by atoms with Gasteiger partial charge < -0.3 is 11.5 Å². The Balaban J connectivity index is 2.19. The maximum absolute atomic E-state index is 10.6. The molecule has 0 aliphatic carbocycles. The Morgan fingerprint density at radius 3 is 3.00 bits per heavy atom. The van der Waals surface area contributed by atoms with Crippen LogP contribution in [0, 0.1) is 0 Å². The minimum Gasteiger partial charge on any atom is -0.389 e. The lowest BCUT2D eigenvalue weighted by Gasteiger charge is -1.91. The normalized spacial score (nSPS) is 10.5. The average molecular weight is 271 g/mol. The number of thiazole rings is 1. The maximum atomic E-state index is 10.6. The van der Waals surface area contributed by atoms with Crippen LogP contribution in [0.3, 0.4) is 0 Å². The molecule has 2 heterocycles. The standard InChI is InChI=1S/C9H9N3OS3/c10-6(13)4-15-9-12-7(8(11)16-9)5-2-1-3-14-5/h1-3H,4,11H2,(H2,10,13). The maximum Gasteiger partial charge on any atom is 0.227 e. The highest BCUT2D eigenvalue weighted by molar-refractivity contribution is 8.01. The first-order valence-electron chi connectivity index (χ1n) is 4.38. The number of rotatable bonds is 4. The van der Waals surface area contributed by atoms with Crippen LogP contribution < -0.4 is 11.5 Å². The minimum absolute atomic E-state index is 0.233. The molecule has 0 bridgehead atoms. The fourth-order valence-electron chi connectivity index (χ4n) is 1.10. The average Bonchev–Trinajstić information content (AvgIpc) is 2.83. The topological polar surface area (TPSA) is 82.0 Å². The van der Waals surface area contributed by atoms with E-state index in [9.17, 15) is 4.79 Å². The number of carbonyl (C=O) groups is 1. The first kappa shape index (κ1) is 11.4. The molecule has 2 aromatic heterocycles. The fourth-order valence-corrected chi connectivity index (χ4v) is 3.57. The van der Waals surface area contributed by atoms with Crippen molar-refractivity contribution in [3.05, 3.63) is 17.5 Å². The summed E-state index contributed by atoms with van der Waals surface area (Å²) in [6.07, 6.45) is 0. The summed E-state index contributed by atoms with van der Waals surface area (Å²) in [6.45, 7) is 0. The van der Waals surface area contributed by atoms with Crippen LogP contribution in [0.2, 0.25) is 0 Å². The molecule has 0 aromatic carbocycles. The van der Waals surface area contributed by atoms with E-state index in [0.717, 1.165) is 14.9 Å². The SMILES string of the molecule is NC(=O)CSc1nc(-c2cccs2)c(N)s1. The van der Waals surface area contributed by atoms with Crippen molar-refractivity contribution in [3.8, 4) is 10.6 Å². The smallest absolute Gasteiger partial charge is 0.227 e. The quantitative estimate of drug-likeness (QED) is 0.834. The minimum atomic E-state index is -0.351. The number of carbonyl (C=O) groups excluding carboxylic acids is 1. The molecule has 0 aliphatic heterocycles. The predicted molar refractivity (Wildman–Crippen MR) is 69.8 cm³/mol. The molecule has 0 fully saturated rings. The second kappa shape index (κ2) is 4.86. The van der Waals surface area contributed by atoms with Gasteiger partial charge in [-0.05, 0) is 11.4 Å². The summed E-state index contributed by atoms with van der Waals surface area (Å²) < 4.78 is 0.778. The van der Waals surface area contributed by atoms with E-state index in [1.165, 1.54) is 23.1 Å². The number of amides is 1. The Bertz CT molecular complexity index is 492. The van der Waals surface area contributed by atoms with Crippen LogP contribution in [0.1, 0.15) is 0 Å². The van der Waals surface area contributed by atoms with Gasteiger partial charge in [-0.25, -0.2) is 4.98 Å². The van der Waals surface area contributed by atoms with E-state index >= 15 is 0 Å². The molecule has 0 saturated heterocycles. The van der Waals surface area contributed by atoms with Gasteiger partial charge in [0.15, 0.2) is 4.34 Å². The number of thiophene rings is 1. The zero-order chi connectivity index (χ0) is 11.5. The zero-order valence-corrected chi connectivity index (χ0v) is 10.6. The van der Waals surface area contributed by atoms with Crippen LogP contribution in [-0.4, -0.2) is 16.6 Å². The van der Waals surface area contributed by atoms with Crippen LogP contribution in [0.15, 0.2) is 21.9 Å². The van der Waals surface area contributed by atoms with Gasteiger partial charge in [-0.2, -0.15) is 0 Å². The Hall–Kier alpha value is -1.05. The molecule has 4 nitrogen and oxygen atoms in total. The monoisotopic (exact) mass is 271 g/mol. The Morgan fingerprint density at radius 1 is 1.56 bits per heavy atom. The van der Waals surface area contributed by atoms with E-state index < -0.39 is 0 Å². The molecule has 0 aliphatic rings. The number of primary amides is 1. The van der Waals surface area contributed by atoms with Crippen molar-refractivity contribution in [2.75, 3.05) is 11.5 Å². The molecule has 16 heavy (non-hydrogen) atoms. The molecule has 1 amide bonds.